The van der Waals surface area contributed by atoms with Crippen molar-refractivity contribution in [1.29, 1.82) is 0 Å². The van der Waals surface area contributed by atoms with Crippen molar-refractivity contribution in [3.63, 3.8) is 0 Å². The summed E-state index contributed by atoms with van der Waals surface area (Å²) in [4.78, 5) is 33.1. The van der Waals surface area contributed by atoms with E-state index in [9.17, 15) is 9.59 Å². The molecule has 8 nitrogen and oxygen atoms in total. The van der Waals surface area contributed by atoms with Crippen LogP contribution in [0.2, 0.25) is 0 Å². The zero-order chi connectivity index (χ0) is 13.7. The Morgan fingerprint density at radius 3 is 2.95 bits per heavy atom. The Morgan fingerprint density at radius 1 is 1.53 bits per heavy atom. The molecule has 3 N–H and O–H groups in total. The Bertz CT molecular complexity index is 535. The van der Waals surface area contributed by atoms with Gasteiger partial charge in [-0.05, 0) is 0 Å². The maximum atomic E-state index is 11.7. The Labute approximate surface area is 107 Å². The van der Waals surface area contributed by atoms with Crippen LogP contribution in [0.15, 0.2) is 29.6 Å². The van der Waals surface area contributed by atoms with Gasteiger partial charge in [-0.25, -0.2) is 14.8 Å². The summed E-state index contributed by atoms with van der Waals surface area (Å²) in [5.74, 6) is -1.54. The van der Waals surface area contributed by atoms with Gasteiger partial charge in [0.1, 0.15) is 12.3 Å². The van der Waals surface area contributed by atoms with Crippen LogP contribution in [0.1, 0.15) is 11.4 Å². The van der Waals surface area contributed by atoms with Crippen molar-refractivity contribution in [2.75, 3.05) is 0 Å². The molecule has 0 aliphatic carbocycles. The molecule has 2 heterocycles. The number of nitrogens with one attached hydrogen (secondary N) is 2. The topological polar surface area (TPSA) is 121 Å². The third-order valence-electron chi connectivity index (χ3n) is 2.44. The van der Waals surface area contributed by atoms with Crippen molar-refractivity contribution >= 4 is 11.9 Å². The van der Waals surface area contributed by atoms with Gasteiger partial charge in [0, 0.05) is 18.3 Å². The monoisotopic (exact) mass is 264 g/mol. The van der Waals surface area contributed by atoms with Crippen LogP contribution in [0.4, 0.5) is 0 Å². The highest BCUT2D eigenvalue weighted by Crippen LogP contribution is 2.01. The second kappa shape index (κ2) is 5.80. The van der Waals surface area contributed by atoms with Crippen molar-refractivity contribution in [3.05, 3.63) is 36.6 Å². The first kappa shape index (κ1) is 12.8. The van der Waals surface area contributed by atoms with Gasteiger partial charge in [0.15, 0.2) is 6.39 Å². The van der Waals surface area contributed by atoms with Gasteiger partial charge in [0.05, 0.1) is 18.4 Å². The lowest BCUT2D eigenvalue weighted by molar-refractivity contribution is -0.141. The summed E-state index contributed by atoms with van der Waals surface area (Å²) in [7, 11) is 0. The van der Waals surface area contributed by atoms with Crippen LogP contribution < -0.4 is 5.32 Å². The second-order valence-corrected chi connectivity index (χ2v) is 3.90. The van der Waals surface area contributed by atoms with E-state index in [1.165, 1.54) is 25.2 Å². The van der Waals surface area contributed by atoms with E-state index in [0.29, 0.717) is 11.4 Å². The Kier molecular flexibility index (Phi) is 3.91. The molecule has 0 saturated heterocycles. The molecule has 0 unspecified atom stereocenters. The molecule has 2 rings (SSSR count). The van der Waals surface area contributed by atoms with Crippen molar-refractivity contribution in [1.82, 2.24) is 20.3 Å². The van der Waals surface area contributed by atoms with Crippen LogP contribution in [0.25, 0.3) is 0 Å². The number of nitrogens with zero attached hydrogens (tertiary/aromatic N) is 2. The molecule has 0 aliphatic heterocycles. The maximum absolute atomic E-state index is 11.7. The van der Waals surface area contributed by atoms with Gasteiger partial charge in [-0.2, -0.15) is 0 Å². The highest BCUT2D eigenvalue weighted by Gasteiger charge is 2.21. The molecule has 8 heteroatoms. The Balaban J connectivity index is 1.93. The number of carboxylic acid groups (broad SMARTS) is 1. The van der Waals surface area contributed by atoms with Gasteiger partial charge in [-0.15, -0.1) is 0 Å². The molecule has 0 spiro atoms. The number of imidazole rings is 1. The molecule has 1 atom stereocenters. The molecule has 0 aromatic carbocycles. The number of oxazole rings is 1. The van der Waals surface area contributed by atoms with Crippen LogP contribution >= 0.6 is 0 Å². The zero-order valence-electron chi connectivity index (χ0n) is 9.87. The lowest BCUT2D eigenvalue weighted by Gasteiger charge is -2.12. The van der Waals surface area contributed by atoms with E-state index < -0.39 is 17.9 Å². The minimum atomic E-state index is -1.11. The minimum Gasteiger partial charge on any atom is -0.480 e. The number of H-pyrrole nitrogens is 1. The SMILES string of the molecule is O=C(Cc1cocn1)N[C@@H](Cc1cnc[nH]1)C(=O)O. The van der Waals surface area contributed by atoms with Crippen LogP contribution in [0.5, 0.6) is 0 Å². The van der Waals surface area contributed by atoms with Crippen molar-refractivity contribution in [2.24, 2.45) is 0 Å². The number of carbonyl (C=O) groups is 2. The van der Waals surface area contributed by atoms with Gasteiger partial charge in [0.2, 0.25) is 5.91 Å². The fourth-order valence-electron chi connectivity index (χ4n) is 1.55. The highest BCUT2D eigenvalue weighted by atomic mass is 16.4. The molecular formula is C11H12N4O4. The molecule has 1 amide bonds. The minimum absolute atomic E-state index is 0.0245. The van der Waals surface area contributed by atoms with Gasteiger partial charge >= 0.3 is 5.97 Å². The molecule has 0 saturated carbocycles. The van der Waals surface area contributed by atoms with Gasteiger partial charge in [-0.1, -0.05) is 0 Å². The lowest BCUT2D eigenvalue weighted by atomic mass is 10.1. The number of amides is 1. The Morgan fingerprint density at radius 2 is 2.37 bits per heavy atom. The summed E-state index contributed by atoms with van der Waals surface area (Å²) in [6.45, 7) is 0. The van der Waals surface area contributed by atoms with Crippen LogP contribution in [0, 0.1) is 0 Å². The third-order valence-corrected chi connectivity index (χ3v) is 2.44. The average Bonchev–Trinajstić information content (AvgIpc) is 3.00. The van der Waals surface area contributed by atoms with E-state index in [0.717, 1.165) is 0 Å². The van der Waals surface area contributed by atoms with E-state index in [1.807, 2.05) is 0 Å². The standard InChI is InChI=1S/C11H12N4O4/c16-10(2-8-4-19-6-14-8)15-9(11(17)18)1-7-3-12-5-13-7/h3-6,9H,1-2H2,(H,12,13)(H,15,16)(H,17,18)/t9-/m0/s1. The molecule has 19 heavy (non-hydrogen) atoms. The normalized spacial score (nSPS) is 12.0. The van der Waals surface area contributed by atoms with E-state index in [1.54, 1.807) is 0 Å². The van der Waals surface area contributed by atoms with E-state index in [2.05, 4.69) is 20.3 Å². The molecular weight excluding hydrogens is 252 g/mol. The van der Waals surface area contributed by atoms with Crippen molar-refractivity contribution in [2.45, 2.75) is 18.9 Å². The summed E-state index contributed by atoms with van der Waals surface area (Å²) in [5.41, 5.74) is 1.08. The predicted molar refractivity (Wildman–Crippen MR) is 62.1 cm³/mol. The summed E-state index contributed by atoms with van der Waals surface area (Å²) in [5, 5.41) is 11.5. The molecule has 2 aromatic heterocycles. The maximum Gasteiger partial charge on any atom is 0.326 e. The number of carboxylic acids is 1. The highest BCUT2D eigenvalue weighted by molar-refractivity contribution is 5.84. The van der Waals surface area contributed by atoms with Crippen molar-refractivity contribution in [3.8, 4) is 0 Å². The molecule has 0 aliphatic rings. The number of rotatable bonds is 6. The number of carbonyl (C=O) groups excluding carboxylic acids is 1. The number of aliphatic carboxylic acids is 1. The van der Waals surface area contributed by atoms with Gasteiger partial charge in [0.25, 0.3) is 0 Å². The van der Waals surface area contributed by atoms with Crippen LogP contribution in [0.3, 0.4) is 0 Å². The van der Waals surface area contributed by atoms with Crippen LogP contribution in [-0.4, -0.2) is 38.0 Å². The first-order chi connectivity index (χ1) is 9.15. The second-order valence-electron chi connectivity index (χ2n) is 3.90. The van der Waals surface area contributed by atoms with E-state index >= 15 is 0 Å². The fraction of sp³-hybridized carbons (Fsp3) is 0.273. The van der Waals surface area contributed by atoms with E-state index in [4.69, 9.17) is 9.52 Å². The van der Waals surface area contributed by atoms with Crippen molar-refractivity contribution < 1.29 is 19.1 Å². The summed E-state index contributed by atoms with van der Waals surface area (Å²) < 4.78 is 4.73. The molecule has 0 fully saturated rings. The Hall–Kier alpha value is -2.64. The third kappa shape index (κ3) is 3.66. The zero-order valence-corrected chi connectivity index (χ0v) is 9.87. The number of hydrogen-bond acceptors (Lipinski definition) is 5. The number of aromatic amines is 1. The van der Waals surface area contributed by atoms with Gasteiger partial charge < -0.3 is 19.8 Å². The summed E-state index contributed by atoms with van der Waals surface area (Å²) in [6.07, 6.45) is 5.63. The lowest BCUT2D eigenvalue weighted by Crippen LogP contribution is -2.43. The quantitative estimate of drug-likeness (QED) is 0.661. The van der Waals surface area contributed by atoms with Crippen LogP contribution in [-0.2, 0) is 22.4 Å². The largest absolute Gasteiger partial charge is 0.480 e. The molecule has 2 aromatic rings. The average molecular weight is 264 g/mol. The smallest absolute Gasteiger partial charge is 0.326 e. The summed E-state index contributed by atoms with van der Waals surface area (Å²) >= 11 is 0. The fourth-order valence-corrected chi connectivity index (χ4v) is 1.55. The molecule has 100 valence electrons. The molecule has 0 radical (unpaired) electrons. The molecule has 0 bridgehead atoms. The number of hydrogen-bond donors (Lipinski definition) is 3. The number of aromatic nitrogens is 3. The first-order valence-electron chi connectivity index (χ1n) is 5.51. The van der Waals surface area contributed by atoms with Gasteiger partial charge in [-0.3, -0.25) is 4.79 Å². The predicted octanol–water partition coefficient (Wildman–Crippen LogP) is -0.248. The first-order valence-corrected chi connectivity index (χ1v) is 5.51. The summed E-state index contributed by atoms with van der Waals surface area (Å²) in [6, 6.07) is -1.01. The van der Waals surface area contributed by atoms with E-state index in [-0.39, 0.29) is 12.8 Å².